The van der Waals surface area contributed by atoms with Crippen molar-refractivity contribution in [3.63, 3.8) is 0 Å². The van der Waals surface area contributed by atoms with E-state index in [4.69, 9.17) is 4.98 Å². The zero-order chi connectivity index (χ0) is 22.4. The molecule has 0 amide bonds. The Morgan fingerprint density at radius 2 is 1.38 bits per heavy atom. The largest absolute Gasteiger partial charge is 0.298 e. The number of carbonyl (C=O) groups excluding carboxylic acids is 1. The molecule has 3 heteroatoms. The Morgan fingerprint density at radius 1 is 0.794 bits per heavy atom. The fraction of sp³-hybridized carbons (Fsp3) is 0.677. The summed E-state index contributed by atoms with van der Waals surface area (Å²) in [5.41, 5.74) is 1.10. The van der Waals surface area contributed by atoms with Crippen molar-refractivity contribution >= 4 is 28.4 Å². The summed E-state index contributed by atoms with van der Waals surface area (Å²) in [4.78, 5) is 21.0. The average molecular weight is 472 g/mol. The number of fused-ring (bicyclic) bond motifs is 1. The number of thioether (sulfide) groups is 1. The van der Waals surface area contributed by atoms with E-state index in [1.165, 1.54) is 80.9 Å². The standard InChI is InChI=1S/C31H37NOS/c33-30(31-15-20-8-21(16-31)10-22(9-20)17-31)29(27-24-11-18-7-19(13-24)14-25(27)12-18)34-26-5-1-3-23-4-2-6-32-28(23)26/h1-6,18-22,24-25,27,29H,7-17H2. The predicted octanol–water partition coefficient (Wildman–Crippen LogP) is 7.55. The molecule has 1 unspecified atom stereocenters. The highest BCUT2D eigenvalue weighted by Gasteiger charge is 2.59. The van der Waals surface area contributed by atoms with Crippen molar-refractivity contribution in [1.29, 1.82) is 0 Å². The predicted molar refractivity (Wildman–Crippen MR) is 138 cm³/mol. The van der Waals surface area contributed by atoms with Crippen LogP contribution in [0.2, 0.25) is 0 Å². The van der Waals surface area contributed by atoms with Crippen molar-refractivity contribution in [3.05, 3.63) is 36.5 Å². The fourth-order valence-electron chi connectivity index (χ4n) is 10.8. The van der Waals surface area contributed by atoms with Gasteiger partial charge in [0.1, 0.15) is 0 Å². The number of carbonyl (C=O) groups is 1. The quantitative estimate of drug-likeness (QED) is 0.422. The van der Waals surface area contributed by atoms with E-state index >= 15 is 0 Å². The van der Waals surface area contributed by atoms with Crippen molar-refractivity contribution in [2.45, 2.75) is 80.8 Å². The van der Waals surface area contributed by atoms with E-state index in [9.17, 15) is 4.79 Å². The minimum Gasteiger partial charge on any atom is -0.298 e. The highest BCUT2D eigenvalue weighted by atomic mass is 32.2. The Balaban J connectivity index is 1.20. The summed E-state index contributed by atoms with van der Waals surface area (Å²) in [6.45, 7) is 0. The molecule has 0 radical (unpaired) electrons. The van der Waals surface area contributed by atoms with Crippen LogP contribution in [0.4, 0.5) is 0 Å². The number of benzene rings is 1. The summed E-state index contributed by atoms with van der Waals surface area (Å²) in [7, 11) is 0. The van der Waals surface area contributed by atoms with Gasteiger partial charge in [-0.25, -0.2) is 0 Å². The van der Waals surface area contributed by atoms with Crippen molar-refractivity contribution in [2.75, 3.05) is 0 Å². The average Bonchev–Trinajstić information content (AvgIpc) is 2.81. The minimum absolute atomic E-state index is 0.000900. The first-order valence-corrected chi connectivity index (χ1v) is 15.1. The molecule has 2 nitrogen and oxygen atoms in total. The van der Waals surface area contributed by atoms with E-state index in [1.54, 1.807) is 0 Å². The Kier molecular flexibility index (Phi) is 4.64. The van der Waals surface area contributed by atoms with Gasteiger partial charge in [0.25, 0.3) is 0 Å². The Labute approximate surface area is 208 Å². The molecule has 8 saturated carbocycles. The highest BCUT2D eigenvalue weighted by Crippen LogP contribution is 2.64. The second kappa shape index (κ2) is 7.58. The SMILES string of the molecule is O=C(C(Sc1cccc2cccnc12)C1C2CC3CC(C2)CC1C3)C12CC3CC(CC(C3)C1)C2. The number of aromatic nitrogens is 1. The Bertz CT molecular complexity index is 1070. The molecule has 178 valence electrons. The monoisotopic (exact) mass is 471 g/mol. The van der Waals surface area contributed by atoms with Gasteiger partial charge in [0.15, 0.2) is 5.78 Å². The molecule has 1 heterocycles. The number of para-hydroxylation sites is 1. The van der Waals surface area contributed by atoms with Crippen LogP contribution in [0.1, 0.15) is 70.6 Å². The van der Waals surface area contributed by atoms with Crippen LogP contribution in [0, 0.1) is 52.8 Å². The number of pyridine rings is 1. The number of hydrogen-bond acceptors (Lipinski definition) is 3. The van der Waals surface area contributed by atoms with E-state index < -0.39 is 0 Å². The maximum Gasteiger partial charge on any atom is 0.152 e. The van der Waals surface area contributed by atoms with Gasteiger partial charge in [-0.15, -0.1) is 11.8 Å². The molecule has 8 bridgehead atoms. The van der Waals surface area contributed by atoms with Gasteiger partial charge in [-0.1, -0.05) is 18.2 Å². The summed E-state index contributed by atoms with van der Waals surface area (Å²) >= 11 is 1.94. The lowest BCUT2D eigenvalue weighted by molar-refractivity contribution is -0.147. The van der Waals surface area contributed by atoms with Crippen molar-refractivity contribution in [1.82, 2.24) is 4.98 Å². The number of nitrogens with zero attached hydrogens (tertiary/aromatic N) is 1. The summed E-state index contributed by atoms with van der Waals surface area (Å²) in [6.07, 6.45) is 16.8. The van der Waals surface area contributed by atoms with Crippen LogP contribution in [0.3, 0.4) is 0 Å². The molecule has 0 N–H and O–H groups in total. The van der Waals surface area contributed by atoms with Gasteiger partial charge in [0.2, 0.25) is 0 Å². The molecule has 8 aliphatic rings. The summed E-state index contributed by atoms with van der Waals surface area (Å²) in [5.74, 6) is 7.26. The lowest BCUT2D eigenvalue weighted by Crippen LogP contribution is -2.56. The second-order valence-corrected chi connectivity index (χ2v) is 14.6. The lowest BCUT2D eigenvalue weighted by atomic mass is 9.46. The third kappa shape index (κ3) is 3.14. The van der Waals surface area contributed by atoms with Gasteiger partial charge < -0.3 is 0 Å². The van der Waals surface area contributed by atoms with Gasteiger partial charge in [0, 0.05) is 21.9 Å². The Morgan fingerprint density at radius 3 is 2.03 bits per heavy atom. The minimum atomic E-state index is -0.000900. The van der Waals surface area contributed by atoms with Crippen LogP contribution in [0.5, 0.6) is 0 Å². The molecule has 2 aromatic rings. The summed E-state index contributed by atoms with van der Waals surface area (Å²) < 4.78 is 0. The molecule has 0 saturated heterocycles. The highest BCUT2D eigenvalue weighted by molar-refractivity contribution is 8.00. The van der Waals surface area contributed by atoms with E-state index in [1.807, 2.05) is 24.0 Å². The van der Waals surface area contributed by atoms with Gasteiger partial charge in [-0.2, -0.15) is 0 Å². The van der Waals surface area contributed by atoms with Crippen LogP contribution < -0.4 is 0 Å². The van der Waals surface area contributed by atoms with E-state index in [2.05, 4.69) is 24.3 Å². The van der Waals surface area contributed by atoms with Crippen LogP contribution in [-0.4, -0.2) is 16.0 Å². The first-order chi connectivity index (χ1) is 16.6. The summed E-state index contributed by atoms with van der Waals surface area (Å²) in [5, 5.41) is 1.34. The molecule has 10 rings (SSSR count). The van der Waals surface area contributed by atoms with E-state index in [0.29, 0.717) is 11.7 Å². The maximum atomic E-state index is 14.9. The molecule has 1 aromatic carbocycles. The van der Waals surface area contributed by atoms with Crippen molar-refractivity contribution in [2.24, 2.45) is 52.8 Å². The molecule has 0 aliphatic heterocycles. The van der Waals surface area contributed by atoms with E-state index in [0.717, 1.165) is 46.9 Å². The smallest absolute Gasteiger partial charge is 0.152 e. The molecule has 1 atom stereocenters. The van der Waals surface area contributed by atoms with Gasteiger partial charge >= 0.3 is 0 Å². The van der Waals surface area contributed by atoms with Crippen molar-refractivity contribution < 1.29 is 4.79 Å². The number of hydrogen-bond donors (Lipinski definition) is 0. The third-order valence-electron chi connectivity index (χ3n) is 11.3. The fourth-order valence-corrected chi connectivity index (χ4v) is 12.5. The van der Waals surface area contributed by atoms with Gasteiger partial charge in [-0.05, 0) is 130 Å². The molecule has 0 spiro atoms. The molecular weight excluding hydrogens is 434 g/mol. The van der Waals surface area contributed by atoms with Crippen LogP contribution in [-0.2, 0) is 4.79 Å². The molecule has 8 aliphatic carbocycles. The van der Waals surface area contributed by atoms with Crippen LogP contribution >= 0.6 is 11.8 Å². The first-order valence-electron chi connectivity index (χ1n) is 14.2. The molecule has 8 fully saturated rings. The number of ketones is 1. The zero-order valence-electron chi connectivity index (χ0n) is 20.2. The third-order valence-corrected chi connectivity index (χ3v) is 12.7. The number of rotatable bonds is 5. The topological polar surface area (TPSA) is 30.0 Å². The second-order valence-electron chi connectivity index (χ2n) is 13.4. The first kappa shape index (κ1) is 20.8. The number of Topliss-reactive ketones (excluding diaryl/α,β-unsaturated/α-hetero) is 1. The zero-order valence-corrected chi connectivity index (χ0v) is 21.0. The van der Waals surface area contributed by atoms with Gasteiger partial charge in [-0.3, -0.25) is 9.78 Å². The Hall–Kier alpha value is -1.35. The summed E-state index contributed by atoms with van der Waals surface area (Å²) in [6, 6.07) is 10.8. The molecule has 34 heavy (non-hydrogen) atoms. The van der Waals surface area contributed by atoms with Crippen LogP contribution in [0.25, 0.3) is 10.9 Å². The van der Waals surface area contributed by atoms with Gasteiger partial charge in [0.05, 0.1) is 10.8 Å². The van der Waals surface area contributed by atoms with Crippen molar-refractivity contribution in [3.8, 4) is 0 Å². The normalized spacial score (nSPS) is 44.6. The van der Waals surface area contributed by atoms with E-state index in [-0.39, 0.29) is 10.7 Å². The molecular formula is C31H37NOS. The van der Waals surface area contributed by atoms with Crippen LogP contribution in [0.15, 0.2) is 41.4 Å². The maximum absolute atomic E-state index is 14.9. The lowest BCUT2D eigenvalue weighted by Gasteiger charge is -2.59. The molecule has 1 aromatic heterocycles.